The molecule has 0 aliphatic carbocycles. The van der Waals surface area contributed by atoms with E-state index in [0.717, 1.165) is 6.42 Å². The summed E-state index contributed by atoms with van der Waals surface area (Å²) >= 11 is 0. The Balaban J connectivity index is 3.48. The first-order valence-electron chi connectivity index (χ1n) is 15.4. The maximum absolute atomic E-state index is 12.0. The van der Waals surface area contributed by atoms with Crippen molar-refractivity contribution in [3.05, 3.63) is 12.2 Å². The van der Waals surface area contributed by atoms with Gasteiger partial charge in [0.05, 0.1) is 34.4 Å². The third kappa shape index (κ3) is 28.7. The van der Waals surface area contributed by atoms with Crippen molar-refractivity contribution < 1.29 is 32.5 Å². The summed E-state index contributed by atoms with van der Waals surface area (Å²) in [6.07, 6.45) is 26.7. The molecule has 0 aliphatic heterocycles. The molecule has 228 valence electrons. The number of nitrogens with zero attached hydrogens (tertiary/aromatic N) is 1. The van der Waals surface area contributed by atoms with Crippen LogP contribution in [-0.2, 0) is 23.1 Å². The molecule has 1 unspecified atom stereocenters. The van der Waals surface area contributed by atoms with Crippen LogP contribution in [0.15, 0.2) is 12.2 Å². The number of hydrogen-bond donors (Lipinski definition) is 1. The minimum atomic E-state index is -4.08. The van der Waals surface area contributed by atoms with Crippen LogP contribution in [0.1, 0.15) is 116 Å². The highest BCUT2D eigenvalue weighted by Crippen LogP contribution is 2.43. The molecule has 0 saturated carbocycles. The molecule has 0 aromatic rings. The Kier molecular flexibility index (Phi) is 25.5. The fourth-order valence-electron chi connectivity index (χ4n) is 4.03. The van der Waals surface area contributed by atoms with E-state index in [9.17, 15) is 9.46 Å². The van der Waals surface area contributed by atoms with Crippen molar-refractivity contribution in [2.24, 2.45) is 0 Å². The zero-order valence-corrected chi connectivity index (χ0v) is 26.6. The number of hydrogen-bond acceptors (Lipinski definition) is 5. The second kappa shape index (κ2) is 25.7. The second-order valence-electron chi connectivity index (χ2n) is 11.5. The molecule has 1 N–H and O–H groups in total. The lowest BCUT2D eigenvalue weighted by Crippen LogP contribution is -2.37. The summed E-state index contributed by atoms with van der Waals surface area (Å²) < 4.78 is 33.7. The highest BCUT2D eigenvalue weighted by atomic mass is 31.2. The van der Waals surface area contributed by atoms with E-state index in [1.54, 1.807) is 7.11 Å². The van der Waals surface area contributed by atoms with Gasteiger partial charge in [0.25, 0.3) is 0 Å². The van der Waals surface area contributed by atoms with Gasteiger partial charge in [-0.2, -0.15) is 0 Å². The molecule has 0 heterocycles. The van der Waals surface area contributed by atoms with Crippen LogP contribution in [0.4, 0.5) is 0 Å². The Morgan fingerprint density at radius 3 is 1.71 bits per heavy atom. The molecule has 0 aromatic carbocycles. The van der Waals surface area contributed by atoms with Crippen molar-refractivity contribution in [3.63, 3.8) is 0 Å². The van der Waals surface area contributed by atoms with Crippen LogP contribution in [0, 0.1) is 0 Å². The quantitative estimate of drug-likeness (QED) is 0.0429. The first kappa shape index (κ1) is 37.7. The molecule has 0 spiro atoms. The van der Waals surface area contributed by atoms with E-state index in [-0.39, 0.29) is 13.2 Å². The van der Waals surface area contributed by atoms with Crippen molar-refractivity contribution >= 4 is 7.82 Å². The van der Waals surface area contributed by atoms with Crippen molar-refractivity contribution in [3.8, 4) is 0 Å². The van der Waals surface area contributed by atoms with Crippen LogP contribution in [0.2, 0.25) is 0 Å². The molecule has 0 amide bonds. The molecule has 2 atom stereocenters. The van der Waals surface area contributed by atoms with Gasteiger partial charge in [0.2, 0.25) is 0 Å². The summed E-state index contributed by atoms with van der Waals surface area (Å²) in [6.45, 7) is 4.01. The Morgan fingerprint density at radius 2 is 1.21 bits per heavy atom. The summed E-state index contributed by atoms with van der Waals surface area (Å²) in [7, 11) is 3.44. The Labute approximate surface area is 235 Å². The maximum Gasteiger partial charge on any atom is 0.472 e. The van der Waals surface area contributed by atoms with Crippen LogP contribution in [-0.4, -0.2) is 76.7 Å². The molecule has 8 heteroatoms. The van der Waals surface area contributed by atoms with Gasteiger partial charge in [-0.25, -0.2) is 4.57 Å². The number of phosphoric ester groups is 1. The van der Waals surface area contributed by atoms with Crippen LogP contribution in [0.3, 0.4) is 0 Å². The minimum Gasteiger partial charge on any atom is -0.379 e. The van der Waals surface area contributed by atoms with Gasteiger partial charge in [-0.3, -0.25) is 9.05 Å². The maximum atomic E-state index is 12.0. The molecule has 7 nitrogen and oxygen atoms in total. The molecule has 0 aliphatic rings. The summed E-state index contributed by atoms with van der Waals surface area (Å²) in [5, 5.41) is 0. The van der Waals surface area contributed by atoms with Crippen LogP contribution in [0.5, 0.6) is 0 Å². The molecule has 0 bridgehead atoms. The van der Waals surface area contributed by atoms with Crippen molar-refractivity contribution in [2.45, 2.75) is 122 Å². The highest BCUT2D eigenvalue weighted by Gasteiger charge is 2.24. The minimum absolute atomic E-state index is 0.0376. The molecule has 0 fully saturated rings. The molecule has 0 saturated heterocycles. The predicted octanol–water partition coefficient (Wildman–Crippen LogP) is 8.07. The largest absolute Gasteiger partial charge is 0.472 e. The molecule has 0 rings (SSSR count). The molecular weight excluding hydrogens is 501 g/mol. The third-order valence-corrected chi connectivity index (χ3v) is 7.61. The highest BCUT2D eigenvalue weighted by molar-refractivity contribution is 7.47. The van der Waals surface area contributed by atoms with E-state index in [4.69, 9.17) is 18.5 Å². The summed E-state index contributed by atoms with van der Waals surface area (Å²) in [5.41, 5.74) is 0. The molecular formula is C30H63NO6P+. The van der Waals surface area contributed by atoms with Gasteiger partial charge in [0.15, 0.2) is 0 Å². The number of methoxy groups -OCH3 is 1. The third-order valence-electron chi connectivity index (χ3n) is 6.63. The van der Waals surface area contributed by atoms with E-state index >= 15 is 0 Å². The van der Waals surface area contributed by atoms with E-state index in [1.165, 1.54) is 103 Å². The van der Waals surface area contributed by atoms with Gasteiger partial charge >= 0.3 is 7.82 Å². The second-order valence-corrected chi connectivity index (χ2v) is 13.0. The normalized spacial score (nSPS) is 14.8. The average molecular weight is 565 g/mol. The number of quaternary nitrogens is 1. The molecule has 0 aromatic heterocycles. The zero-order valence-electron chi connectivity index (χ0n) is 25.7. The van der Waals surface area contributed by atoms with Crippen molar-refractivity contribution in [1.82, 2.24) is 0 Å². The first-order chi connectivity index (χ1) is 18.2. The summed E-state index contributed by atoms with van der Waals surface area (Å²) in [5.74, 6) is 0. The molecule has 38 heavy (non-hydrogen) atoms. The average Bonchev–Trinajstić information content (AvgIpc) is 2.85. The number of ether oxygens (including phenoxy) is 2. The lowest BCUT2D eigenvalue weighted by Gasteiger charge is -2.24. The summed E-state index contributed by atoms with van der Waals surface area (Å²) in [4.78, 5) is 9.81. The SMILES string of the molecule is CCCCCCCCC=CCCCCCCCCCCCOC[C@H](COP(=O)(O)OCC[N+](C)(C)C)OC. The standard InChI is InChI=1S/C30H62NO6P/c1-6-7-8-9-10-11-12-13-14-15-16-17-18-19-20-21-22-23-24-26-35-28-30(34-5)29-37-38(32,33)36-27-25-31(2,3)4/h13-14,30H,6-12,15-29H2,1-5H3/p+1/t30-/m1/s1. The van der Waals surface area contributed by atoms with Crippen molar-refractivity contribution in [2.75, 3.05) is 61.2 Å². The Bertz CT molecular complexity index is 582. The lowest BCUT2D eigenvalue weighted by molar-refractivity contribution is -0.870. The number of rotatable bonds is 29. The topological polar surface area (TPSA) is 74.2 Å². The van der Waals surface area contributed by atoms with Gasteiger partial charge in [0, 0.05) is 13.7 Å². The van der Waals surface area contributed by atoms with E-state index < -0.39 is 13.9 Å². The van der Waals surface area contributed by atoms with Gasteiger partial charge < -0.3 is 18.9 Å². The van der Waals surface area contributed by atoms with Gasteiger partial charge in [0.1, 0.15) is 19.3 Å². The van der Waals surface area contributed by atoms with Gasteiger partial charge in [-0.15, -0.1) is 0 Å². The van der Waals surface area contributed by atoms with Crippen molar-refractivity contribution in [1.29, 1.82) is 0 Å². The molecule has 0 radical (unpaired) electrons. The first-order valence-corrected chi connectivity index (χ1v) is 16.9. The Hall–Kier alpha value is -0.270. The van der Waals surface area contributed by atoms with Crippen LogP contribution >= 0.6 is 7.82 Å². The van der Waals surface area contributed by atoms with Gasteiger partial charge in [-0.1, -0.05) is 96.1 Å². The summed E-state index contributed by atoms with van der Waals surface area (Å²) in [6, 6.07) is 0. The predicted molar refractivity (Wildman–Crippen MR) is 160 cm³/mol. The fourth-order valence-corrected chi connectivity index (χ4v) is 4.77. The smallest absolute Gasteiger partial charge is 0.379 e. The number of phosphoric acid groups is 1. The van der Waals surface area contributed by atoms with Crippen LogP contribution < -0.4 is 0 Å². The monoisotopic (exact) mass is 564 g/mol. The van der Waals surface area contributed by atoms with E-state index in [0.29, 0.717) is 24.2 Å². The number of unbranched alkanes of at least 4 members (excludes halogenated alkanes) is 15. The van der Waals surface area contributed by atoms with Gasteiger partial charge in [-0.05, 0) is 32.1 Å². The lowest BCUT2D eigenvalue weighted by atomic mass is 10.1. The fraction of sp³-hybridized carbons (Fsp3) is 0.933. The number of likely N-dealkylation sites (N-methyl/N-ethyl adjacent to an activating group) is 1. The zero-order chi connectivity index (χ0) is 28.4. The van der Waals surface area contributed by atoms with E-state index in [2.05, 4.69) is 19.1 Å². The number of allylic oxidation sites excluding steroid dienone is 2. The van der Waals surface area contributed by atoms with E-state index in [1.807, 2.05) is 21.1 Å². The van der Waals surface area contributed by atoms with Crippen LogP contribution in [0.25, 0.3) is 0 Å². The Morgan fingerprint density at radius 1 is 0.711 bits per heavy atom.